The molecular formula is C16H19ClN2O. The molecule has 0 atom stereocenters. The minimum atomic E-state index is -0.0300. The molecule has 20 heavy (non-hydrogen) atoms. The van der Waals surface area contributed by atoms with Crippen LogP contribution in [0.25, 0.3) is 10.9 Å². The highest BCUT2D eigenvalue weighted by Crippen LogP contribution is 2.18. The van der Waals surface area contributed by atoms with Crippen LogP contribution >= 0.6 is 11.6 Å². The van der Waals surface area contributed by atoms with Crippen molar-refractivity contribution >= 4 is 28.4 Å². The molecule has 0 bridgehead atoms. The molecule has 0 fully saturated rings. The van der Waals surface area contributed by atoms with E-state index >= 15 is 0 Å². The highest BCUT2D eigenvalue weighted by atomic mass is 35.5. The van der Waals surface area contributed by atoms with Gasteiger partial charge in [0, 0.05) is 23.5 Å². The Morgan fingerprint density at radius 2 is 2.05 bits per heavy atom. The fourth-order valence-corrected chi connectivity index (χ4v) is 2.38. The number of pyridine rings is 1. The second kappa shape index (κ2) is 7.25. The number of carbonyl (C=O) groups excluding carboxylic acids is 1. The van der Waals surface area contributed by atoms with Gasteiger partial charge in [0.25, 0.3) is 5.91 Å². The Morgan fingerprint density at radius 1 is 1.25 bits per heavy atom. The summed E-state index contributed by atoms with van der Waals surface area (Å²) in [6.07, 6.45) is 3.00. The number of para-hydroxylation sites is 1. The summed E-state index contributed by atoms with van der Waals surface area (Å²) >= 11 is 5.63. The fourth-order valence-electron chi connectivity index (χ4n) is 2.19. The number of hydrogen-bond donors (Lipinski definition) is 1. The third-order valence-electron chi connectivity index (χ3n) is 3.18. The largest absolute Gasteiger partial charge is 0.352 e. The molecule has 0 unspecified atom stereocenters. The molecule has 0 saturated heterocycles. The molecule has 0 spiro atoms. The Balaban J connectivity index is 2.09. The second-order valence-corrected chi connectivity index (χ2v) is 5.21. The lowest BCUT2D eigenvalue weighted by Crippen LogP contribution is -2.24. The van der Waals surface area contributed by atoms with Crippen molar-refractivity contribution in [3.05, 3.63) is 41.6 Å². The number of hydrogen-bond acceptors (Lipinski definition) is 2. The molecule has 2 aromatic rings. The van der Waals surface area contributed by atoms with Gasteiger partial charge in [-0.25, -0.2) is 0 Å². The fraction of sp³-hybridized carbons (Fsp3) is 0.375. The Labute approximate surface area is 124 Å². The highest BCUT2D eigenvalue weighted by molar-refractivity contribution is 6.17. The zero-order valence-corrected chi connectivity index (χ0v) is 12.4. The quantitative estimate of drug-likeness (QED) is 0.651. The molecular weight excluding hydrogens is 272 g/mol. The van der Waals surface area contributed by atoms with Crippen molar-refractivity contribution in [2.75, 3.05) is 12.4 Å². The van der Waals surface area contributed by atoms with E-state index in [1.165, 1.54) is 0 Å². The Kier molecular flexibility index (Phi) is 5.36. The highest BCUT2D eigenvalue weighted by Gasteiger charge is 2.10. The average Bonchev–Trinajstić information content (AvgIpc) is 2.46. The first-order valence-corrected chi connectivity index (χ1v) is 7.46. The first kappa shape index (κ1) is 14.8. The molecule has 1 heterocycles. The van der Waals surface area contributed by atoms with E-state index in [9.17, 15) is 4.79 Å². The maximum atomic E-state index is 12.3. The van der Waals surface area contributed by atoms with Crippen LogP contribution in [0.1, 0.15) is 35.3 Å². The van der Waals surface area contributed by atoms with Gasteiger partial charge in [0.2, 0.25) is 0 Å². The normalized spacial score (nSPS) is 10.7. The van der Waals surface area contributed by atoms with Crippen LogP contribution in [0.2, 0.25) is 0 Å². The number of fused-ring (bicyclic) bond motifs is 1. The lowest BCUT2D eigenvalue weighted by Gasteiger charge is -2.08. The number of carbonyl (C=O) groups is 1. The second-order valence-electron chi connectivity index (χ2n) is 4.83. The number of halogens is 1. The molecule has 1 amide bonds. The molecule has 1 aromatic heterocycles. The molecule has 0 aliphatic rings. The van der Waals surface area contributed by atoms with Gasteiger partial charge in [0.05, 0.1) is 11.1 Å². The summed E-state index contributed by atoms with van der Waals surface area (Å²) < 4.78 is 0. The molecule has 3 nitrogen and oxygen atoms in total. The Morgan fingerprint density at radius 3 is 2.85 bits per heavy atom. The van der Waals surface area contributed by atoms with E-state index in [-0.39, 0.29) is 5.91 Å². The van der Waals surface area contributed by atoms with Crippen LogP contribution in [0, 0.1) is 6.92 Å². The van der Waals surface area contributed by atoms with E-state index in [0.717, 1.165) is 35.9 Å². The number of nitrogens with one attached hydrogen (secondary N) is 1. The number of aryl methyl sites for hydroxylation is 1. The van der Waals surface area contributed by atoms with Gasteiger partial charge in [-0.3, -0.25) is 9.78 Å². The minimum absolute atomic E-state index is 0.0300. The predicted molar refractivity (Wildman–Crippen MR) is 83.4 cm³/mol. The first-order valence-electron chi connectivity index (χ1n) is 6.93. The standard InChI is InChI=1S/C16H19ClN2O/c1-12-11-14(13-7-3-4-8-15(13)19-12)16(20)18-10-6-2-5-9-17/h3-4,7-8,11H,2,5-6,9-10H2,1H3,(H,18,20). The summed E-state index contributed by atoms with van der Waals surface area (Å²) in [6, 6.07) is 9.57. The number of alkyl halides is 1. The average molecular weight is 291 g/mol. The van der Waals surface area contributed by atoms with Gasteiger partial charge in [-0.1, -0.05) is 24.6 Å². The lowest BCUT2D eigenvalue weighted by atomic mass is 10.1. The molecule has 0 saturated carbocycles. The summed E-state index contributed by atoms with van der Waals surface area (Å²) in [7, 11) is 0. The third kappa shape index (κ3) is 3.70. The van der Waals surface area contributed by atoms with Crippen molar-refractivity contribution in [1.82, 2.24) is 10.3 Å². The van der Waals surface area contributed by atoms with E-state index < -0.39 is 0 Å². The molecule has 1 aromatic carbocycles. The maximum absolute atomic E-state index is 12.3. The van der Waals surface area contributed by atoms with Crippen molar-refractivity contribution in [1.29, 1.82) is 0 Å². The summed E-state index contributed by atoms with van der Waals surface area (Å²) in [4.78, 5) is 16.7. The SMILES string of the molecule is Cc1cc(C(=O)NCCCCCCl)c2ccccc2n1. The van der Waals surface area contributed by atoms with Gasteiger partial charge >= 0.3 is 0 Å². The van der Waals surface area contributed by atoms with E-state index in [0.29, 0.717) is 18.0 Å². The van der Waals surface area contributed by atoms with Crippen LogP contribution in [0.15, 0.2) is 30.3 Å². The number of nitrogens with zero attached hydrogens (tertiary/aromatic N) is 1. The van der Waals surface area contributed by atoms with E-state index in [1.54, 1.807) is 0 Å². The Bertz CT molecular complexity index is 598. The van der Waals surface area contributed by atoms with E-state index in [1.807, 2.05) is 37.3 Å². The van der Waals surface area contributed by atoms with Crippen LogP contribution in [0.5, 0.6) is 0 Å². The van der Waals surface area contributed by atoms with Gasteiger partial charge in [0.1, 0.15) is 0 Å². The number of rotatable bonds is 6. The lowest BCUT2D eigenvalue weighted by molar-refractivity contribution is 0.0954. The monoisotopic (exact) mass is 290 g/mol. The number of benzene rings is 1. The summed E-state index contributed by atoms with van der Waals surface area (Å²) in [5.41, 5.74) is 2.42. The zero-order valence-electron chi connectivity index (χ0n) is 11.7. The molecule has 106 valence electrons. The summed E-state index contributed by atoms with van der Waals surface area (Å²) in [5, 5.41) is 3.87. The molecule has 2 rings (SSSR count). The molecule has 0 radical (unpaired) electrons. The van der Waals surface area contributed by atoms with Crippen LogP contribution in [0.4, 0.5) is 0 Å². The predicted octanol–water partition coefficient (Wildman–Crippen LogP) is 3.68. The van der Waals surface area contributed by atoms with Crippen LogP contribution < -0.4 is 5.32 Å². The van der Waals surface area contributed by atoms with Crippen LogP contribution in [0.3, 0.4) is 0 Å². The first-order chi connectivity index (χ1) is 9.72. The van der Waals surface area contributed by atoms with Crippen LogP contribution in [-0.4, -0.2) is 23.3 Å². The van der Waals surface area contributed by atoms with Gasteiger partial charge in [0.15, 0.2) is 0 Å². The van der Waals surface area contributed by atoms with Crippen molar-refractivity contribution in [3.8, 4) is 0 Å². The van der Waals surface area contributed by atoms with Crippen molar-refractivity contribution in [2.45, 2.75) is 26.2 Å². The molecule has 4 heteroatoms. The summed E-state index contributed by atoms with van der Waals surface area (Å²) in [5.74, 6) is 0.653. The van der Waals surface area contributed by atoms with Crippen LogP contribution in [-0.2, 0) is 0 Å². The van der Waals surface area contributed by atoms with Crippen molar-refractivity contribution in [2.24, 2.45) is 0 Å². The Hall–Kier alpha value is -1.61. The number of unbranched alkanes of at least 4 members (excludes halogenated alkanes) is 2. The van der Waals surface area contributed by atoms with Crippen molar-refractivity contribution in [3.63, 3.8) is 0 Å². The minimum Gasteiger partial charge on any atom is -0.352 e. The zero-order chi connectivity index (χ0) is 14.4. The maximum Gasteiger partial charge on any atom is 0.252 e. The van der Waals surface area contributed by atoms with Gasteiger partial charge < -0.3 is 5.32 Å². The van der Waals surface area contributed by atoms with Crippen molar-refractivity contribution < 1.29 is 4.79 Å². The van der Waals surface area contributed by atoms with E-state index in [2.05, 4.69) is 10.3 Å². The van der Waals surface area contributed by atoms with E-state index in [4.69, 9.17) is 11.6 Å². The van der Waals surface area contributed by atoms with Gasteiger partial charge in [-0.05, 0) is 31.9 Å². The third-order valence-corrected chi connectivity index (χ3v) is 3.45. The smallest absolute Gasteiger partial charge is 0.252 e. The number of aromatic nitrogens is 1. The molecule has 0 aliphatic heterocycles. The topological polar surface area (TPSA) is 42.0 Å². The van der Waals surface area contributed by atoms with Gasteiger partial charge in [-0.2, -0.15) is 0 Å². The molecule has 1 N–H and O–H groups in total. The number of amides is 1. The van der Waals surface area contributed by atoms with Gasteiger partial charge in [-0.15, -0.1) is 11.6 Å². The summed E-state index contributed by atoms with van der Waals surface area (Å²) in [6.45, 7) is 2.59. The molecule has 0 aliphatic carbocycles.